The lowest BCUT2D eigenvalue weighted by molar-refractivity contribution is -0.135. The minimum absolute atomic E-state index is 0.0233. The molecule has 6 heteroatoms. The second-order valence-corrected chi connectivity index (χ2v) is 4.18. The van der Waals surface area contributed by atoms with E-state index in [1.54, 1.807) is 17.1 Å². The minimum atomic E-state index is -0.272. The molecule has 1 aliphatic heterocycles. The third kappa shape index (κ3) is 3.45. The van der Waals surface area contributed by atoms with E-state index in [0.717, 1.165) is 19.3 Å². The van der Waals surface area contributed by atoms with Crippen LogP contribution < -0.4 is 11.1 Å². The van der Waals surface area contributed by atoms with Gasteiger partial charge in [0.1, 0.15) is 6.10 Å². The Hall–Kier alpha value is -1.56. The first-order valence-electron chi connectivity index (χ1n) is 5.93. The van der Waals surface area contributed by atoms with Crippen LogP contribution in [0, 0.1) is 0 Å². The van der Waals surface area contributed by atoms with E-state index in [9.17, 15) is 4.79 Å². The number of nitrogens with two attached hydrogens (primary N) is 1. The molecule has 0 spiro atoms. The monoisotopic (exact) mass is 238 g/mol. The van der Waals surface area contributed by atoms with Crippen molar-refractivity contribution in [1.29, 1.82) is 0 Å². The van der Waals surface area contributed by atoms with Crippen LogP contribution >= 0.6 is 0 Å². The van der Waals surface area contributed by atoms with Crippen LogP contribution in [0.15, 0.2) is 12.4 Å². The van der Waals surface area contributed by atoms with E-state index in [4.69, 9.17) is 10.5 Å². The summed E-state index contributed by atoms with van der Waals surface area (Å²) in [5, 5.41) is 6.88. The maximum absolute atomic E-state index is 11.7. The van der Waals surface area contributed by atoms with E-state index in [-0.39, 0.29) is 12.0 Å². The summed E-state index contributed by atoms with van der Waals surface area (Å²) < 4.78 is 7.10. The molecule has 0 aliphatic carbocycles. The Labute approximate surface area is 100 Å². The lowest BCUT2D eigenvalue weighted by atomic mass is 10.1. The van der Waals surface area contributed by atoms with Gasteiger partial charge in [-0.2, -0.15) is 5.10 Å². The first kappa shape index (κ1) is 11.9. The van der Waals surface area contributed by atoms with Crippen LogP contribution in [0.4, 0.5) is 5.69 Å². The Balaban J connectivity index is 1.69. The summed E-state index contributed by atoms with van der Waals surface area (Å²) in [6.45, 7) is 1.85. The number of nitrogens with zero attached hydrogens (tertiary/aromatic N) is 2. The van der Waals surface area contributed by atoms with Gasteiger partial charge in [-0.15, -0.1) is 0 Å². The fraction of sp³-hybridized carbons (Fsp3) is 0.636. The second-order valence-electron chi connectivity index (χ2n) is 4.18. The number of nitrogens with one attached hydrogen (secondary N) is 1. The first-order chi connectivity index (χ1) is 8.25. The number of rotatable bonds is 4. The number of hydrogen-bond donors (Lipinski definition) is 2. The van der Waals surface area contributed by atoms with Crippen molar-refractivity contribution in [2.24, 2.45) is 0 Å². The Morgan fingerprint density at radius 2 is 2.53 bits per heavy atom. The van der Waals surface area contributed by atoms with Gasteiger partial charge in [0.15, 0.2) is 0 Å². The highest BCUT2D eigenvalue weighted by Gasteiger charge is 2.21. The quantitative estimate of drug-likeness (QED) is 0.782. The maximum Gasteiger partial charge on any atom is 0.249 e. The molecule has 1 fully saturated rings. The molecule has 2 heterocycles. The van der Waals surface area contributed by atoms with E-state index in [1.165, 1.54) is 0 Å². The zero-order valence-electron chi connectivity index (χ0n) is 9.76. The van der Waals surface area contributed by atoms with Crippen LogP contribution in [0.3, 0.4) is 0 Å². The van der Waals surface area contributed by atoms with Gasteiger partial charge in [-0.25, -0.2) is 0 Å². The normalized spacial score (nSPS) is 20.1. The van der Waals surface area contributed by atoms with Crippen molar-refractivity contribution in [2.45, 2.75) is 31.9 Å². The number of carbonyl (C=O) groups excluding carboxylic acids is 1. The Bertz CT molecular complexity index is 371. The van der Waals surface area contributed by atoms with Crippen LogP contribution in [0.5, 0.6) is 0 Å². The highest BCUT2D eigenvalue weighted by atomic mass is 16.5. The Kier molecular flexibility index (Phi) is 3.98. The van der Waals surface area contributed by atoms with Gasteiger partial charge < -0.3 is 15.8 Å². The zero-order valence-corrected chi connectivity index (χ0v) is 9.76. The predicted molar refractivity (Wildman–Crippen MR) is 63.2 cm³/mol. The standard InChI is InChI=1S/C11H18N4O2/c12-9-7-14-15(8-9)5-4-13-11(16)10-3-1-2-6-17-10/h7-8,10H,1-6,12H2,(H,13,16). The predicted octanol–water partition coefficient (Wildman–Crippen LogP) is 0.151. The van der Waals surface area contributed by atoms with Gasteiger partial charge in [0.25, 0.3) is 0 Å². The second kappa shape index (κ2) is 5.67. The number of nitrogen functional groups attached to an aromatic ring is 1. The smallest absolute Gasteiger partial charge is 0.249 e. The molecule has 1 atom stereocenters. The molecule has 1 unspecified atom stereocenters. The number of hydrogen-bond acceptors (Lipinski definition) is 4. The molecule has 0 aromatic carbocycles. The van der Waals surface area contributed by atoms with Crippen molar-refractivity contribution in [1.82, 2.24) is 15.1 Å². The van der Waals surface area contributed by atoms with Crippen molar-refractivity contribution >= 4 is 11.6 Å². The molecule has 1 aromatic rings. The molecule has 2 rings (SSSR count). The third-order valence-corrected chi connectivity index (χ3v) is 2.77. The molecule has 1 saturated heterocycles. The first-order valence-corrected chi connectivity index (χ1v) is 5.93. The number of anilines is 1. The van der Waals surface area contributed by atoms with E-state index >= 15 is 0 Å². The summed E-state index contributed by atoms with van der Waals surface area (Å²) in [6.07, 6.45) is 5.99. The number of aromatic nitrogens is 2. The zero-order chi connectivity index (χ0) is 12.1. The molecule has 1 amide bonds. The molecule has 1 aliphatic rings. The molecule has 0 radical (unpaired) electrons. The summed E-state index contributed by atoms with van der Waals surface area (Å²) >= 11 is 0. The fourth-order valence-electron chi connectivity index (χ4n) is 1.86. The van der Waals surface area contributed by atoms with Gasteiger partial charge in [0.05, 0.1) is 18.4 Å². The van der Waals surface area contributed by atoms with Crippen molar-refractivity contribution in [2.75, 3.05) is 18.9 Å². The number of amides is 1. The average Bonchev–Trinajstić information content (AvgIpc) is 2.76. The summed E-state index contributed by atoms with van der Waals surface area (Å²) in [6, 6.07) is 0. The van der Waals surface area contributed by atoms with Gasteiger partial charge in [-0.1, -0.05) is 0 Å². The molecule has 0 saturated carbocycles. The Morgan fingerprint density at radius 1 is 1.65 bits per heavy atom. The van der Waals surface area contributed by atoms with Crippen LogP contribution in [0.2, 0.25) is 0 Å². The highest BCUT2D eigenvalue weighted by molar-refractivity contribution is 5.80. The van der Waals surface area contributed by atoms with Crippen LogP contribution in [-0.4, -0.2) is 34.9 Å². The third-order valence-electron chi connectivity index (χ3n) is 2.77. The van der Waals surface area contributed by atoms with Gasteiger partial charge >= 0.3 is 0 Å². The molecule has 94 valence electrons. The molecule has 6 nitrogen and oxygen atoms in total. The van der Waals surface area contributed by atoms with Crippen molar-refractivity contribution in [3.05, 3.63) is 12.4 Å². The van der Waals surface area contributed by atoms with E-state index < -0.39 is 0 Å². The van der Waals surface area contributed by atoms with Gasteiger partial charge in [0, 0.05) is 19.3 Å². The van der Waals surface area contributed by atoms with Gasteiger partial charge in [-0.3, -0.25) is 9.48 Å². The number of ether oxygens (including phenoxy) is 1. The van der Waals surface area contributed by atoms with E-state index in [2.05, 4.69) is 10.4 Å². The summed E-state index contributed by atoms with van der Waals surface area (Å²) in [5.41, 5.74) is 6.17. The van der Waals surface area contributed by atoms with Gasteiger partial charge in [-0.05, 0) is 19.3 Å². The fourth-order valence-corrected chi connectivity index (χ4v) is 1.86. The van der Waals surface area contributed by atoms with E-state index in [0.29, 0.717) is 25.4 Å². The summed E-state index contributed by atoms with van der Waals surface area (Å²) in [7, 11) is 0. The molecular weight excluding hydrogens is 220 g/mol. The maximum atomic E-state index is 11.7. The average molecular weight is 238 g/mol. The van der Waals surface area contributed by atoms with Crippen LogP contribution in [0.1, 0.15) is 19.3 Å². The van der Waals surface area contributed by atoms with Crippen LogP contribution in [0.25, 0.3) is 0 Å². The van der Waals surface area contributed by atoms with Crippen molar-refractivity contribution in [3.63, 3.8) is 0 Å². The minimum Gasteiger partial charge on any atom is -0.396 e. The van der Waals surface area contributed by atoms with E-state index in [1.807, 2.05) is 0 Å². The largest absolute Gasteiger partial charge is 0.396 e. The van der Waals surface area contributed by atoms with Crippen LogP contribution in [-0.2, 0) is 16.1 Å². The van der Waals surface area contributed by atoms with Crippen molar-refractivity contribution in [3.8, 4) is 0 Å². The topological polar surface area (TPSA) is 82.2 Å². The summed E-state index contributed by atoms with van der Waals surface area (Å²) in [4.78, 5) is 11.7. The lowest BCUT2D eigenvalue weighted by Gasteiger charge is -2.21. The number of carbonyl (C=O) groups is 1. The molecule has 0 bridgehead atoms. The summed E-state index contributed by atoms with van der Waals surface area (Å²) in [5.74, 6) is -0.0233. The molecule has 1 aromatic heterocycles. The van der Waals surface area contributed by atoms with Gasteiger partial charge in [0.2, 0.25) is 5.91 Å². The highest BCUT2D eigenvalue weighted by Crippen LogP contribution is 2.12. The Morgan fingerprint density at radius 3 is 3.18 bits per heavy atom. The molecule has 17 heavy (non-hydrogen) atoms. The SMILES string of the molecule is Nc1cnn(CCNC(=O)C2CCCCO2)c1. The van der Waals surface area contributed by atoms with Crippen molar-refractivity contribution < 1.29 is 9.53 Å². The lowest BCUT2D eigenvalue weighted by Crippen LogP contribution is -2.39. The molecule has 3 N–H and O–H groups in total. The molecular formula is C11H18N4O2.